The fourth-order valence-electron chi connectivity index (χ4n) is 4.77. The van der Waals surface area contributed by atoms with E-state index in [0.29, 0.717) is 23.0 Å². The number of rotatable bonds is 4. The predicted octanol–water partition coefficient (Wildman–Crippen LogP) is 3.57. The summed E-state index contributed by atoms with van der Waals surface area (Å²) in [5, 5.41) is 10.5. The van der Waals surface area contributed by atoms with E-state index in [1.807, 2.05) is 0 Å². The normalized spacial score (nSPS) is 18.0. The number of nitrogens with zero attached hydrogens (tertiary/aromatic N) is 1. The number of hydrogen-bond donors (Lipinski definition) is 1. The molecule has 150 valence electrons. The molecule has 0 saturated heterocycles. The Morgan fingerprint density at radius 1 is 0.857 bits per heavy atom. The quantitative estimate of drug-likeness (QED) is 0.868. The maximum atomic E-state index is 10.5. The lowest BCUT2D eigenvalue weighted by Gasteiger charge is -2.36. The first-order chi connectivity index (χ1) is 13.5. The predicted molar refractivity (Wildman–Crippen MR) is 107 cm³/mol. The molecule has 4 rings (SSSR count). The molecule has 1 heterocycles. The minimum atomic E-state index is 0.0865. The van der Waals surface area contributed by atoms with E-state index >= 15 is 0 Å². The highest BCUT2D eigenvalue weighted by molar-refractivity contribution is 5.88. The van der Waals surface area contributed by atoms with E-state index in [0.717, 1.165) is 42.5 Å². The number of benzene rings is 2. The molecule has 1 aliphatic carbocycles. The zero-order valence-corrected chi connectivity index (χ0v) is 17.1. The van der Waals surface area contributed by atoms with Crippen LogP contribution in [-0.4, -0.2) is 52.0 Å². The van der Waals surface area contributed by atoms with E-state index in [1.54, 1.807) is 27.4 Å². The van der Waals surface area contributed by atoms with E-state index in [1.165, 1.54) is 18.2 Å². The van der Waals surface area contributed by atoms with Crippen molar-refractivity contribution in [3.05, 3.63) is 28.8 Å². The third-order valence-corrected chi connectivity index (χ3v) is 6.04. The molecule has 0 bridgehead atoms. The highest BCUT2D eigenvalue weighted by Crippen LogP contribution is 2.56. The summed E-state index contributed by atoms with van der Waals surface area (Å²) in [4.78, 5) is 2.40. The second-order valence-corrected chi connectivity index (χ2v) is 7.34. The molecule has 2 aromatic carbocycles. The molecule has 0 amide bonds. The third-order valence-electron chi connectivity index (χ3n) is 6.04. The van der Waals surface area contributed by atoms with Crippen molar-refractivity contribution in [1.29, 1.82) is 0 Å². The molecule has 1 atom stereocenters. The first-order valence-corrected chi connectivity index (χ1v) is 9.50. The number of ether oxygens (including phenoxy) is 4. The first-order valence-electron chi connectivity index (χ1n) is 9.50. The van der Waals surface area contributed by atoms with Gasteiger partial charge in [0.25, 0.3) is 0 Å². The minimum absolute atomic E-state index is 0.0865. The van der Waals surface area contributed by atoms with Crippen LogP contribution in [0.4, 0.5) is 0 Å². The molecule has 0 aromatic heterocycles. The number of methoxy groups -OCH3 is 4. The van der Waals surface area contributed by atoms with Crippen molar-refractivity contribution < 1.29 is 24.1 Å². The topological polar surface area (TPSA) is 60.4 Å². The summed E-state index contributed by atoms with van der Waals surface area (Å²) in [6, 6.07) is 4.16. The van der Waals surface area contributed by atoms with Gasteiger partial charge in [-0.25, -0.2) is 0 Å². The highest BCUT2D eigenvalue weighted by atomic mass is 16.5. The number of aryl methyl sites for hydroxylation is 1. The van der Waals surface area contributed by atoms with Gasteiger partial charge in [-0.05, 0) is 55.1 Å². The largest absolute Gasteiger partial charge is 0.504 e. The Bertz CT molecular complexity index is 924. The molecule has 0 fully saturated rings. The van der Waals surface area contributed by atoms with Gasteiger partial charge >= 0.3 is 0 Å². The summed E-state index contributed by atoms with van der Waals surface area (Å²) in [5.41, 5.74) is 5.46. The van der Waals surface area contributed by atoms with Crippen LogP contribution >= 0.6 is 0 Å². The molecule has 1 unspecified atom stereocenters. The van der Waals surface area contributed by atoms with E-state index in [4.69, 9.17) is 18.9 Å². The van der Waals surface area contributed by atoms with Crippen LogP contribution in [0.25, 0.3) is 11.1 Å². The van der Waals surface area contributed by atoms with Crippen LogP contribution in [0.1, 0.15) is 29.2 Å². The fourth-order valence-corrected chi connectivity index (χ4v) is 4.77. The van der Waals surface area contributed by atoms with Crippen LogP contribution in [0.5, 0.6) is 28.7 Å². The lowest BCUT2D eigenvalue weighted by atomic mass is 9.85. The molecule has 28 heavy (non-hydrogen) atoms. The van der Waals surface area contributed by atoms with Gasteiger partial charge in [-0.2, -0.15) is 0 Å². The van der Waals surface area contributed by atoms with E-state index in [9.17, 15) is 5.11 Å². The summed E-state index contributed by atoms with van der Waals surface area (Å²) in [7, 11) is 8.63. The van der Waals surface area contributed by atoms with Crippen LogP contribution in [0.2, 0.25) is 0 Å². The number of aromatic hydroxyl groups is 1. The lowest BCUT2D eigenvalue weighted by Crippen LogP contribution is -2.32. The Kier molecular flexibility index (Phi) is 4.75. The van der Waals surface area contributed by atoms with Crippen molar-refractivity contribution in [1.82, 2.24) is 4.90 Å². The van der Waals surface area contributed by atoms with Gasteiger partial charge < -0.3 is 24.1 Å². The van der Waals surface area contributed by atoms with Gasteiger partial charge in [0.05, 0.1) is 28.4 Å². The molecule has 0 saturated carbocycles. The zero-order valence-electron chi connectivity index (χ0n) is 17.1. The van der Waals surface area contributed by atoms with Gasteiger partial charge in [0.15, 0.2) is 23.0 Å². The van der Waals surface area contributed by atoms with Gasteiger partial charge in [-0.15, -0.1) is 0 Å². The van der Waals surface area contributed by atoms with Crippen molar-refractivity contribution in [3.63, 3.8) is 0 Å². The number of likely N-dealkylation sites (N-methyl/N-ethyl adjacent to an activating group) is 1. The average Bonchev–Trinajstić information content (AvgIpc) is 2.87. The molecule has 2 aliphatic rings. The standard InChI is InChI=1S/C22H27NO5/c1-23-9-8-13-11-16(25-2)21(27-4)19-17(13)14(23)7-6-12-10-15(24)20(26-3)22(28-5)18(12)19/h10-11,14,24H,6-9H2,1-5H3. The van der Waals surface area contributed by atoms with Gasteiger partial charge in [0.2, 0.25) is 5.75 Å². The molecule has 6 nitrogen and oxygen atoms in total. The molecule has 0 radical (unpaired) electrons. The van der Waals surface area contributed by atoms with Gasteiger partial charge in [-0.3, -0.25) is 4.90 Å². The molecule has 1 N–H and O–H groups in total. The molecule has 6 heteroatoms. The van der Waals surface area contributed by atoms with Crippen molar-refractivity contribution in [2.75, 3.05) is 42.0 Å². The summed E-state index contributed by atoms with van der Waals surface area (Å²) < 4.78 is 22.8. The van der Waals surface area contributed by atoms with E-state index in [2.05, 4.69) is 18.0 Å². The first kappa shape index (κ1) is 18.7. The number of phenols is 1. The Morgan fingerprint density at radius 2 is 1.57 bits per heavy atom. The maximum Gasteiger partial charge on any atom is 0.203 e. The monoisotopic (exact) mass is 385 g/mol. The van der Waals surface area contributed by atoms with Crippen molar-refractivity contribution >= 4 is 0 Å². The van der Waals surface area contributed by atoms with Gasteiger partial charge in [0.1, 0.15) is 0 Å². The Hall–Kier alpha value is -2.60. The summed E-state index contributed by atoms with van der Waals surface area (Å²) in [6.07, 6.45) is 2.72. The Balaban J connectivity index is 2.16. The number of hydrogen-bond acceptors (Lipinski definition) is 6. The van der Waals surface area contributed by atoms with Crippen LogP contribution in [0.15, 0.2) is 12.1 Å². The zero-order chi connectivity index (χ0) is 20.0. The molecule has 2 aromatic rings. The molecule has 0 spiro atoms. The van der Waals surface area contributed by atoms with Crippen LogP contribution in [-0.2, 0) is 12.8 Å². The SMILES string of the molecule is COc1cc2c3c(c1OC)-c1c(cc(O)c(OC)c1OC)CCC3N(C)CC2. The molecule has 1 aliphatic heterocycles. The fraction of sp³-hybridized carbons (Fsp3) is 0.455. The van der Waals surface area contributed by atoms with Crippen LogP contribution in [0.3, 0.4) is 0 Å². The lowest BCUT2D eigenvalue weighted by molar-refractivity contribution is 0.220. The molecular weight excluding hydrogens is 358 g/mol. The summed E-state index contributed by atoms with van der Waals surface area (Å²) >= 11 is 0. The number of fused-ring (bicyclic) bond motifs is 2. The summed E-state index contributed by atoms with van der Waals surface area (Å²) in [6.45, 7) is 0.995. The van der Waals surface area contributed by atoms with E-state index < -0.39 is 0 Å². The van der Waals surface area contributed by atoms with E-state index in [-0.39, 0.29) is 11.8 Å². The van der Waals surface area contributed by atoms with Crippen molar-refractivity contribution in [3.8, 4) is 39.9 Å². The molecular formula is C22H27NO5. The maximum absolute atomic E-state index is 10.5. The Labute approximate surface area is 165 Å². The van der Waals surface area contributed by atoms with Crippen molar-refractivity contribution in [2.24, 2.45) is 0 Å². The van der Waals surface area contributed by atoms with Crippen molar-refractivity contribution in [2.45, 2.75) is 25.3 Å². The average molecular weight is 385 g/mol. The summed E-state index contributed by atoms with van der Waals surface area (Å²) in [5.74, 6) is 2.35. The number of phenolic OH excluding ortho intramolecular Hbond substituents is 1. The third kappa shape index (κ3) is 2.58. The second-order valence-electron chi connectivity index (χ2n) is 7.34. The highest BCUT2D eigenvalue weighted by Gasteiger charge is 2.37. The van der Waals surface area contributed by atoms with Crippen LogP contribution < -0.4 is 18.9 Å². The minimum Gasteiger partial charge on any atom is -0.504 e. The van der Waals surface area contributed by atoms with Gasteiger partial charge in [0, 0.05) is 23.7 Å². The second kappa shape index (κ2) is 7.09. The van der Waals surface area contributed by atoms with Gasteiger partial charge in [-0.1, -0.05) is 0 Å². The van der Waals surface area contributed by atoms with Crippen LogP contribution in [0, 0.1) is 0 Å². The smallest absolute Gasteiger partial charge is 0.203 e. The Morgan fingerprint density at radius 3 is 2.21 bits per heavy atom.